The topological polar surface area (TPSA) is 61.8 Å². The van der Waals surface area contributed by atoms with Crippen LogP contribution >= 0.6 is 0 Å². The molecule has 1 aliphatic rings. The van der Waals surface area contributed by atoms with Gasteiger partial charge in [-0.3, -0.25) is 4.79 Å². The second kappa shape index (κ2) is 4.32. The number of carbonyl (C=O) groups excluding carboxylic acids is 2. The zero-order valence-corrected chi connectivity index (χ0v) is 8.64. The van der Waals surface area contributed by atoms with E-state index >= 15 is 0 Å². The molecule has 1 aliphatic heterocycles. The molecule has 1 unspecified atom stereocenters. The third-order valence-electron chi connectivity index (χ3n) is 2.04. The summed E-state index contributed by atoms with van der Waals surface area (Å²) in [5.74, 6) is -0.879. The van der Waals surface area contributed by atoms with Gasteiger partial charge in [0.1, 0.15) is 5.75 Å². The zero-order valence-electron chi connectivity index (χ0n) is 8.64. The number of rotatable bonds is 1. The molecule has 5 nitrogen and oxygen atoms in total. The fourth-order valence-corrected chi connectivity index (χ4v) is 1.35. The van der Waals surface area contributed by atoms with Crippen LogP contribution in [0.1, 0.15) is 12.5 Å². The predicted octanol–water partition coefficient (Wildman–Crippen LogP) is 1.01. The fraction of sp³-hybridized carbons (Fsp3) is 0.273. The lowest BCUT2D eigenvalue weighted by Crippen LogP contribution is -2.31. The molecule has 0 amide bonds. The summed E-state index contributed by atoms with van der Waals surface area (Å²) in [4.78, 5) is 22.2. The summed E-state index contributed by atoms with van der Waals surface area (Å²) in [6, 6.07) is 6.99. The van der Waals surface area contributed by atoms with Crippen molar-refractivity contribution in [2.75, 3.05) is 0 Å². The molecule has 16 heavy (non-hydrogen) atoms. The highest BCUT2D eigenvalue weighted by Gasteiger charge is 2.28. The molecule has 0 fully saturated rings. The van der Waals surface area contributed by atoms with Gasteiger partial charge in [0, 0.05) is 12.5 Å². The molecule has 0 aliphatic carbocycles. The van der Waals surface area contributed by atoms with Crippen LogP contribution in [0, 0.1) is 0 Å². The Balaban J connectivity index is 2.18. The molecule has 1 aromatic rings. The molecule has 0 aromatic heterocycles. The largest absolute Gasteiger partial charge is 0.424 e. The summed E-state index contributed by atoms with van der Waals surface area (Å²) in [5.41, 5.74) is 0.741. The Morgan fingerprint density at radius 2 is 2.19 bits per heavy atom. The van der Waals surface area contributed by atoms with Crippen LogP contribution in [0.3, 0.4) is 0 Å². The number of para-hydroxylation sites is 1. The lowest BCUT2D eigenvalue weighted by atomic mass is 10.2. The first-order chi connectivity index (χ1) is 7.66. The Hall–Kier alpha value is -1.88. The third-order valence-corrected chi connectivity index (χ3v) is 2.04. The molecule has 2 rings (SSSR count). The van der Waals surface area contributed by atoms with E-state index in [0.29, 0.717) is 5.75 Å². The summed E-state index contributed by atoms with van der Waals surface area (Å²) in [6.45, 7) is 1.37. The molecule has 0 radical (unpaired) electrons. The maximum absolute atomic E-state index is 11.5. The Labute approximate surface area is 91.9 Å². The molecule has 1 atom stereocenters. The van der Waals surface area contributed by atoms with Gasteiger partial charge in [0.05, 0.1) is 6.61 Å². The summed E-state index contributed by atoms with van der Waals surface area (Å²) in [6.07, 6.45) is -1.29. The molecule has 0 N–H and O–H groups in total. The van der Waals surface area contributed by atoms with Crippen LogP contribution in [0.25, 0.3) is 0 Å². The zero-order chi connectivity index (χ0) is 11.5. The molecule has 0 saturated heterocycles. The normalized spacial score (nSPS) is 19.3. The quantitative estimate of drug-likeness (QED) is 0.524. The van der Waals surface area contributed by atoms with E-state index in [-0.39, 0.29) is 6.61 Å². The summed E-state index contributed by atoms with van der Waals surface area (Å²) >= 11 is 0. The average molecular weight is 222 g/mol. The molecule has 1 aromatic carbocycles. The Morgan fingerprint density at radius 3 is 2.94 bits per heavy atom. The van der Waals surface area contributed by atoms with Crippen molar-refractivity contribution in [3.8, 4) is 5.75 Å². The number of ether oxygens (including phenoxy) is 3. The fourth-order valence-electron chi connectivity index (χ4n) is 1.35. The van der Waals surface area contributed by atoms with Gasteiger partial charge in [-0.25, -0.2) is 4.79 Å². The number of fused-ring (bicyclic) bond motifs is 1. The maximum atomic E-state index is 11.5. The van der Waals surface area contributed by atoms with Crippen LogP contribution in [0.4, 0.5) is 0 Å². The van der Waals surface area contributed by atoms with Gasteiger partial charge in [-0.15, -0.1) is 0 Å². The van der Waals surface area contributed by atoms with Crippen molar-refractivity contribution in [3.05, 3.63) is 29.8 Å². The van der Waals surface area contributed by atoms with Crippen LogP contribution in [0.5, 0.6) is 5.75 Å². The van der Waals surface area contributed by atoms with Crippen LogP contribution in [0.2, 0.25) is 0 Å². The molecular weight excluding hydrogens is 212 g/mol. The Kier molecular flexibility index (Phi) is 2.87. The van der Waals surface area contributed by atoms with Gasteiger partial charge in [0.15, 0.2) is 0 Å². The molecule has 0 bridgehead atoms. The van der Waals surface area contributed by atoms with Gasteiger partial charge >= 0.3 is 18.2 Å². The minimum atomic E-state index is -1.29. The predicted molar refractivity (Wildman–Crippen MR) is 52.4 cm³/mol. The van der Waals surface area contributed by atoms with Crippen molar-refractivity contribution < 1.29 is 23.8 Å². The van der Waals surface area contributed by atoms with Gasteiger partial charge in [0.2, 0.25) is 0 Å². The number of esters is 2. The van der Waals surface area contributed by atoms with Crippen LogP contribution in [-0.2, 0) is 25.7 Å². The van der Waals surface area contributed by atoms with Crippen LogP contribution < -0.4 is 4.74 Å². The standard InChI is InChI=1S/C11H10O5/c1-7(12)15-11-10(13)16-9-5-3-2-4-8(9)6-14-11/h2-5,11H,6H2,1H3. The molecule has 1 heterocycles. The molecular formula is C11H10O5. The number of hydrogen-bond acceptors (Lipinski definition) is 5. The second-order valence-electron chi connectivity index (χ2n) is 3.28. The monoisotopic (exact) mass is 222 g/mol. The van der Waals surface area contributed by atoms with E-state index in [4.69, 9.17) is 9.47 Å². The van der Waals surface area contributed by atoms with E-state index in [1.54, 1.807) is 18.2 Å². The number of hydrogen-bond donors (Lipinski definition) is 0. The second-order valence-corrected chi connectivity index (χ2v) is 3.28. The van der Waals surface area contributed by atoms with E-state index in [1.165, 1.54) is 6.92 Å². The molecule has 0 spiro atoms. The van der Waals surface area contributed by atoms with Gasteiger partial charge in [-0.05, 0) is 6.07 Å². The van der Waals surface area contributed by atoms with Gasteiger partial charge in [0.25, 0.3) is 0 Å². The first-order valence-corrected chi connectivity index (χ1v) is 4.75. The van der Waals surface area contributed by atoms with E-state index in [1.807, 2.05) is 6.07 Å². The smallest absolute Gasteiger partial charge is 0.381 e. The van der Waals surface area contributed by atoms with Gasteiger partial charge < -0.3 is 14.2 Å². The Morgan fingerprint density at radius 1 is 1.44 bits per heavy atom. The number of carbonyl (C=O) groups is 2. The molecule has 0 saturated carbocycles. The van der Waals surface area contributed by atoms with Crippen LogP contribution in [-0.4, -0.2) is 18.2 Å². The van der Waals surface area contributed by atoms with Crippen molar-refractivity contribution in [2.45, 2.75) is 19.8 Å². The minimum absolute atomic E-state index is 0.167. The van der Waals surface area contributed by atoms with E-state index in [2.05, 4.69) is 4.74 Å². The van der Waals surface area contributed by atoms with E-state index in [0.717, 1.165) is 5.56 Å². The van der Waals surface area contributed by atoms with Crippen LogP contribution in [0.15, 0.2) is 24.3 Å². The minimum Gasteiger partial charge on any atom is -0.424 e. The maximum Gasteiger partial charge on any atom is 0.381 e. The molecule has 5 heteroatoms. The highest BCUT2D eigenvalue weighted by molar-refractivity contribution is 5.79. The van der Waals surface area contributed by atoms with Crippen molar-refractivity contribution in [3.63, 3.8) is 0 Å². The highest BCUT2D eigenvalue weighted by atomic mass is 16.7. The summed E-state index contributed by atoms with van der Waals surface area (Å²) in [7, 11) is 0. The van der Waals surface area contributed by atoms with Crippen molar-refractivity contribution in [2.24, 2.45) is 0 Å². The van der Waals surface area contributed by atoms with E-state index < -0.39 is 18.2 Å². The SMILES string of the molecule is CC(=O)OC1OCc2ccccc2OC1=O. The van der Waals surface area contributed by atoms with Gasteiger partial charge in [-0.2, -0.15) is 0 Å². The first kappa shape index (κ1) is 10.6. The summed E-state index contributed by atoms with van der Waals surface area (Å²) < 4.78 is 14.8. The van der Waals surface area contributed by atoms with Gasteiger partial charge in [-0.1, -0.05) is 18.2 Å². The lowest BCUT2D eigenvalue weighted by Gasteiger charge is -2.11. The summed E-state index contributed by atoms with van der Waals surface area (Å²) in [5, 5.41) is 0. The third kappa shape index (κ3) is 2.20. The first-order valence-electron chi connectivity index (χ1n) is 4.75. The Bertz CT molecular complexity index is 426. The van der Waals surface area contributed by atoms with Crippen molar-refractivity contribution in [1.82, 2.24) is 0 Å². The average Bonchev–Trinajstić information content (AvgIpc) is 2.39. The number of benzene rings is 1. The van der Waals surface area contributed by atoms with Crippen molar-refractivity contribution >= 4 is 11.9 Å². The lowest BCUT2D eigenvalue weighted by molar-refractivity contribution is -0.193. The van der Waals surface area contributed by atoms with Crippen molar-refractivity contribution in [1.29, 1.82) is 0 Å². The molecule has 84 valence electrons. The van der Waals surface area contributed by atoms with E-state index in [9.17, 15) is 9.59 Å². The highest BCUT2D eigenvalue weighted by Crippen LogP contribution is 2.23.